The summed E-state index contributed by atoms with van der Waals surface area (Å²) in [5.74, 6) is -1.49. The van der Waals surface area contributed by atoms with Crippen LogP contribution in [-0.4, -0.2) is 38.4 Å². The van der Waals surface area contributed by atoms with E-state index in [1.165, 1.54) is 0 Å². The van der Waals surface area contributed by atoms with Crippen LogP contribution in [0, 0.1) is 5.82 Å². The van der Waals surface area contributed by atoms with Crippen LogP contribution in [0.2, 0.25) is 0 Å². The Kier molecular flexibility index (Phi) is 4.27. The Morgan fingerprint density at radius 1 is 1.33 bits per heavy atom. The molecule has 1 aromatic carbocycles. The Morgan fingerprint density at radius 3 is 2.57 bits per heavy atom. The molecule has 21 heavy (non-hydrogen) atoms. The lowest BCUT2D eigenvalue weighted by Crippen LogP contribution is -2.52. The van der Waals surface area contributed by atoms with Gasteiger partial charge in [0, 0.05) is 25.7 Å². The first-order valence-corrected chi connectivity index (χ1v) is 7.67. The van der Waals surface area contributed by atoms with Gasteiger partial charge < -0.3 is 5.32 Å². The summed E-state index contributed by atoms with van der Waals surface area (Å²) in [4.78, 5) is -0.551. The van der Waals surface area contributed by atoms with Crippen LogP contribution < -0.4 is 5.32 Å². The van der Waals surface area contributed by atoms with Gasteiger partial charge in [0.05, 0.1) is 10.5 Å². The third kappa shape index (κ3) is 3.19. The SMILES string of the molecule is CC1CNCCN1S(=O)(=O)c1ccc(F)c(C(F)(F)F)c1. The second kappa shape index (κ2) is 5.54. The number of benzene rings is 1. The fraction of sp³-hybridized carbons (Fsp3) is 0.500. The highest BCUT2D eigenvalue weighted by atomic mass is 32.2. The van der Waals surface area contributed by atoms with Gasteiger partial charge in [-0.05, 0) is 25.1 Å². The maximum Gasteiger partial charge on any atom is 0.419 e. The number of sulfonamides is 1. The standard InChI is InChI=1S/C12H14F4N2O2S/c1-8-7-17-4-5-18(8)21(19,20)9-2-3-11(13)10(6-9)12(14,15)16/h2-3,6,8,17H,4-5,7H2,1H3. The molecule has 118 valence electrons. The van der Waals surface area contributed by atoms with Gasteiger partial charge in [0.15, 0.2) is 0 Å². The van der Waals surface area contributed by atoms with Crippen molar-refractivity contribution in [3.05, 3.63) is 29.6 Å². The van der Waals surface area contributed by atoms with E-state index in [2.05, 4.69) is 5.32 Å². The summed E-state index contributed by atoms with van der Waals surface area (Å²) in [5.41, 5.74) is -1.58. The number of nitrogens with zero attached hydrogens (tertiary/aromatic N) is 1. The molecule has 0 radical (unpaired) electrons. The minimum Gasteiger partial charge on any atom is -0.314 e. The molecule has 4 nitrogen and oxygen atoms in total. The van der Waals surface area contributed by atoms with Gasteiger partial charge in [-0.15, -0.1) is 0 Å². The van der Waals surface area contributed by atoms with E-state index in [0.29, 0.717) is 25.2 Å². The molecular weight excluding hydrogens is 312 g/mol. The summed E-state index contributed by atoms with van der Waals surface area (Å²) < 4.78 is 77.2. The van der Waals surface area contributed by atoms with Crippen molar-refractivity contribution < 1.29 is 26.0 Å². The highest BCUT2D eigenvalue weighted by molar-refractivity contribution is 7.89. The Bertz CT molecular complexity index is 631. The molecule has 0 aliphatic carbocycles. The Labute approximate surface area is 119 Å². The summed E-state index contributed by atoms with van der Waals surface area (Å²) in [6, 6.07) is 1.35. The van der Waals surface area contributed by atoms with E-state index in [4.69, 9.17) is 0 Å². The summed E-state index contributed by atoms with van der Waals surface area (Å²) in [7, 11) is -4.08. The largest absolute Gasteiger partial charge is 0.419 e. The van der Waals surface area contributed by atoms with Crippen LogP contribution in [0.3, 0.4) is 0 Å². The zero-order valence-corrected chi connectivity index (χ0v) is 11.9. The molecule has 1 unspecified atom stereocenters. The maximum absolute atomic E-state index is 13.2. The number of alkyl halides is 3. The van der Waals surface area contributed by atoms with Gasteiger partial charge in [-0.1, -0.05) is 0 Å². The van der Waals surface area contributed by atoms with Gasteiger partial charge in [-0.3, -0.25) is 0 Å². The van der Waals surface area contributed by atoms with Crippen LogP contribution in [0.25, 0.3) is 0 Å². The van der Waals surface area contributed by atoms with Crippen molar-refractivity contribution in [2.45, 2.75) is 24.0 Å². The smallest absolute Gasteiger partial charge is 0.314 e. The first kappa shape index (κ1) is 16.2. The van der Waals surface area contributed by atoms with Crippen molar-refractivity contribution in [1.29, 1.82) is 0 Å². The third-order valence-electron chi connectivity index (χ3n) is 3.29. The van der Waals surface area contributed by atoms with E-state index < -0.39 is 32.5 Å². The predicted octanol–water partition coefficient (Wildman–Crippen LogP) is 1.83. The fourth-order valence-electron chi connectivity index (χ4n) is 2.20. The molecule has 1 atom stereocenters. The summed E-state index contributed by atoms with van der Waals surface area (Å²) in [5, 5.41) is 2.99. The molecule has 1 heterocycles. The number of nitrogens with one attached hydrogen (secondary N) is 1. The minimum atomic E-state index is -4.94. The van der Waals surface area contributed by atoms with Crippen molar-refractivity contribution in [1.82, 2.24) is 9.62 Å². The molecule has 1 fully saturated rings. The van der Waals surface area contributed by atoms with Crippen LogP contribution in [-0.2, 0) is 16.2 Å². The number of halogens is 4. The first-order chi connectivity index (χ1) is 9.64. The Morgan fingerprint density at radius 2 is 2.00 bits per heavy atom. The number of hydrogen-bond donors (Lipinski definition) is 1. The molecule has 0 amide bonds. The van der Waals surface area contributed by atoms with E-state index in [1.807, 2.05) is 0 Å². The quantitative estimate of drug-likeness (QED) is 0.844. The van der Waals surface area contributed by atoms with E-state index >= 15 is 0 Å². The topological polar surface area (TPSA) is 49.4 Å². The zero-order valence-electron chi connectivity index (χ0n) is 11.1. The van der Waals surface area contributed by atoms with Gasteiger partial charge in [0.1, 0.15) is 5.82 Å². The molecule has 2 rings (SSSR count). The lowest BCUT2D eigenvalue weighted by atomic mass is 10.2. The second-order valence-electron chi connectivity index (χ2n) is 4.81. The Balaban J connectivity index is 2.46. The van der Waals surface area contributed by atoms with E-state index in [9.17, 15) is 26.0 Å². The summed E-state index contributed by atoms with van der Waals surface area (Å²) in [6.07, 6.45) is -4.94. The zero-order chi connectivity index (χ0) is 15.8. The van der Waals surface area contributed by atoms with Crippen molar-refractivity contribution in [2.24, 2.45) is 0 Å². The molecule has 1 aromatic rings. The second-order valence-corrected chi connectivity index (χ2v) is 6.70. The average molecular weight is 326 g/mol. The van der Waals surface area contributed by atoms with E-state index in [-0.39, 0.29) is 12.6 Å². The van der Waals surface area contributed by atoms with Gasteiger partial charge in [-0.2, -0.15) is 17.5 Å². The first-order valence-electron chi connectivity index (χ1n) is 6.23. The van der Waals surface area contributed by atoms with Gasteiger partial charge >= 0.3 is 6.18 Å². The van der Waals surface area contributed by atoms with Crippen molar-refractivity contribution in [3.63, 3.8) is 0 Å². The molecule has 0 spiro atoms. The number of rotatable bonds is 2. The van der Waals surface area contributed by atoms with E-state index in [1.54, 1.807) is 6.92 Å². The number of hydrogen-bond acceptors (Lipinski definition) is 3. The molecule has 0 saturated carbocycles. The van der Waals surface area contributed by atoms with Crippen molar-refractivity contribution >= 4 is 10.0 Å². The van der Waals surface area contributed by atoms with Crippen LogP contribution >= 0.6 is 0 Å². The summed E-state index contributed by atoms with van der Waals surface area (Å²) in [6.45, 7) is 2.63. The fourth-order valence-corrected chi connectivity index (χ4v) is 3.85. The highest BCUT2D eigenvalue weighted by Crippen LogP contribution is 2.33. The molecule has 1 saturated heterocycles. The normalized spacial score (nSPS) is 21.5. The molecule has 1 N–H and O–H groups in total. The highest BCUT2D eigenvalue weighted by Gasteiger charge is 2.37. The monoisotopic (exact) mass is 326 g/mol. The van der Waals surface area contributed by atoms with Crippen LogP contribution in [0.4, 0.5) is 17.6 Å². The van der Waals surface area contributed by atoms with Crippen molar-refractivity contribution in [2.75, 3.05) is 19.6 Å². The van der Waals surface area contributed by atoms with Crippen molar-refractivity contribution in [3.8, 4) is 0 Å². The van der Waals surface area contributed by atoms with Gasteiger partial charge in [-0.25, -0.2) is 12.8 Å². The van der Waals surface area contributed by atoms with E-state index in [0.717, 1.165) is 10.4 Å². The predicted molar refractivity (Wildman–Crippen MR) is 67.6 cm³/mol. The molecule has 0 bridgehead atoms. The van der Waals surface area contributed by atoms with Crippen LogP contribution in [0.15, 0.2) is 23.1 Å². The lowest BCUT2D eigenvalue weighted by molar-refractivity contribution is -0.140. The molecule has 1 aliphatic rings. The molecular formula is C12H14F4N2O2S. The maximum atomic E-state index is 13.2. The minimum absolute atomic E-state index is 0.155. The third-order valence-corrected chi connectivity index (χ3v) is 5.30. The summed E-state index contributed by atoms with van der Waals surface area (Å²) >= 11 is 0. The Hall–Kier alpha value is -1.19. The lowest BCUT2D eigenvalue weighted by Gasteiger charge is -2.32. The van der Waals surface area contributed by atoms with Gasteiger partial charge in [0.25, 0.3) is 0 Å². The van der Waals surface area contributed by atoms with Crippen LogP contribution in [0.5, 0.6) is 0 Å². The molecule has 9 heteroatoms. The average Bonchev–Trinajstić information content (AvgIpc) is 2.37. The molecule has 1 aliphatic heterocycles. The van der Waals surface area contributed by atoms with Gasteiger partial charge in [0.2, 0.25) is 10.0 Å². The number of piperazine rings is 1. The molecule has 0 aromatic heterocycles. The van der Waals surface area contributed by atoms with Crippen LogP contribution in [0.1, 0.15) is 12.5 Å².